The molecule has 7 nitrogen and oxygen atoms in total. The minimum Gasteiger partial charge on any atom is -0.490 e. The molecular weight excluding hydrogens is 408 g/mol. The van der Waals surface area contributed by atoms with Gasteiger partial charge in [-0.05, 0) is 55.5 Å². The summed E-state index contributed by atoms with van der Waals surface area (Å²) in [5.41, 5.74) is 3.11. The topological polar surface area (TPSA) is 77.1 Å². The molecule has 0 aromatic heterocycles. The molecule has 1 N–H and O–H groups in total. The summed E-state index contributed by atoms with van der Waals surface area (Å²) in [6, 6.07) is 13.3. The number of hydrogen-bond acceptors (Lipinski definition) is 5. The fourth-order valence-electron chi connectivity index (χ4n) is 4.01. The van der Waals surface area contributed by atoms with Crippen LogP contribution >= 0.6 is 0 Å². The van der Waals surface area contributed by atoms with E-state index in [0.717, 1.165) is 23.1 Å². The second-order valence-electron chi connectivity index (χ2n) is 7.57. The molecule has 1 aliphatic rings. The molecule has 0 aliphatic carbocycles. The SMILES string of the molecule is CCOc1cc2c(cc1OCC)[C@@H](CC(=O)OC)N(C(=O)NCCc1ccccc1)CC2. The standard InChI is InChI=1S/C25H32N2O5/c1-4-31-22-15-19-12-14-27(25(29)26-13-11-18-9-7-6-8-10-18)21(17-24(28)30-3)20(19)16-23(22)32-5-2/h6-10,15-16,21H,4-5,11-14,17H2,1-3H3,(H,26,29)/t21-/m1/s1. The number of esters is 1. The van der Waals surface area contributed by atoms with Crippen LogP contribution in [0.2, 0.25) is 0 Å². The second kappa shape index (κ2) is 11.4. The lowest BCUT2D eigenvalue weighted by Gasteiger charge is -2.37. The largest absolute Gasteiger partial charge is 0.490 e. The summed E-state index contributed by atoms with van der Waals surface area (Å²) in [6.07, 6.45) is 1.49. The number of carbonyl (C=O) groups excluding carboxylic acids is 2. The van der Waals surface area contributed by atoms with Gasteiger partial charge in [-0.15, -0.1) is 0 Å². The normalized spacial score (nSPS) is 15.0. The predicted octanol–water partition coefficient (Wildman–Crippen LogP) is 3.90. The lowest BCUT2D eigenvalue weighted by Crippen LogP contribution is -2.46. The first-order valence-electron chi connectivity index (χ1n) is 11.1. The fourth-order valence-corrected chi connectivity index (χ4v) is 4.01. The number of benzene rings is 2. The maximum atomic E-state index is 13.1. The zero-order valence-electron chi connectivity index (χ0n) is 19.1. The van der Waals surface area contributed by atoms with Crippen molar-refractivity contribution in [2.24, 2.45) is 0 Å². The van der Waals surface area contributed by atoms with Gasteiger partial charge in [-0.2, -0.15) is 0 Å². The van der Waals surface area contributed by atoms with Crippen molar-refractivity contribution >= 4 is 12.0 Å². The Morgan fingerprint density at radius 2 is 1.75 bits per heavy atom. The van der Waals surface area contributed by atoms with E-state index >= 15 is 0 Å². The van der Waals surface area contributed by atoms with Gasteiger partial charge < -0.3 is 24.4 Å². The Hall–Kier alpha value is -3.22. The van der Waals surface area contributed by atoms with E-state index in [1.54, 1.807) is 4.90 Å². The van der Waals surface area contributed by atoms with Crippen LogP contribution in [-0.2, 0) is 22.4 Å². The van der Waals surface area contributed by atoms with Gasteiger partial charge in [0.25, 0.3) is 0 Å². The summed E-state index contributed by atoms with van der Waals surface area (Å²) in [5.74, 6) is 0.941. The number of methoxy groups -OCH3 is 1. The maximum absolute atomic E-state index is 13.1. The van der Waals surface area contributed by atoms with E-state index in [4.69, 9.17) is 14.2 Å². The van der Waals surface area contributed by atoms with Crippen molar-refractivity contribution in [1.82, 2.24) is 10.2 Å². The molecule has 0 radical (unpaired) electrons. The van der Waals surface area contributed by atoms with Gasteiger partial charge in [-0.25, -0.2) is 4.79 Å². The number of carbonyl (C=O) groups is 2. The number of ether oxygens (including phenoxy) is 3. The number of amides is 2. The van der Waals surface area contributed by atoms with E-state index in [1.807, 2.05) is 56.3 Å². The average molecular weight is 441 g/mol. The zero-order chi connectivity index (χ0) is 22.9. The summed E-state index contributed by atoms with van der Waals surface area (Å²) in [6.45, 7) is 5.88. The molecule has 0 saturated carbocycles. The highest BCUT2D eigenvalue weighted by atomic mass is 16.5. The second-order valence-corrected chi connectivity index (χ2v) is 7.57. The molecule has 0 unspecified atom stereocenters. The number of rotatable bonds is 9. The minimum absolute atomic E-state index is 0.0785. The number of nitrogens with zero attached hydrogens (tertiary/aromatic N) is 1. The van der Waals surface area contributed by atoms with Crippen molar-refractivity contribution in [3.05, 3.63) is 59.2 Å². The number of fused-ring (bicyclic) bond motifs is 1. The van der Waals surface area contributed by atoms with Gasteiger partial charge in [0.15, 0.2) is 11.5 Å². The van der Waals surface area contributed by atoms with E-state index < -0.39 is 6.04 Å². The van der Waals surface area contributed by atoms with Gasteiger partial charge in [0.1, 0.15) is 0 Å². The molecule has 172 valence electrons. The summed E-state index contributed by atoms with van der Waals surface area (Å²) < 4.78 is 16.5. The monoisotopic (exact) mass is 440 g/mol. The Kier molecular flexibility index (Phi) is 8.36. The first-order valence-corrected chi connectivity index (χ1v) is 11.1. The van der Waals surface area contributed by atoms with Crippen LogP contribution in [0, 0.1) is 0 Å². The van der Waals surface area contributed by atoms with Crippen LogP contribution in [0.1, 0.15) is 43.0 Å². The van der Waals surface area contributed by atoms with Gasteiger partial charge in [-0.3, -0.25) is 4.79 Å². The van der Waals surface area contributed by atoms with Crippen LogP contribution in [0.3, 0.4) is 0 Å². The summed E-state index contributed by atoms with van der Waals surface area (Å²) in [4.78, 5) is 27.0. The van der Waals surface area contributed by atoms with Crippen LogP contribution in [0.15, 0.2) is 42.5 Å². The van der Waals surface area contributed by atoms with E-state index in [-0.39, 0.29) is 18.4 Å². The number of hydrogen-bond donors (Lipinski definition) is 1. The first kappa shape index (κ1) is 23.4. The zero-order valence-corrected chi connectivity index (χ0v) is 19.1. The van der Waals surface area contributed by atoms with E-state index in [1.165, 1.54) is 7.11 Å². The van der Waals surface area contributed by atoms with Crippen LogP contribution in [-0.4, -0.2) is 50.3 Å². The molecular formula is C25H32N2O5. The Bertz CT molecular complexity index is 916. The van der Waals surface area contributed by atoms with Gasteiger partial charge in [0.2, 0.25) is 0 Å². The van der Waals surface area contributed by atoms with Gasteiger partial charge in [-0.1, -0.05) is 30.3 Å². The fraction of sp³-hybridized carbons (Fsp3) is 0.440. The quantitative estimate of drug-likeness (QED) is 0.599. The molecule has 2 amide bonds. The highest BCUT2D eigenvalue weighted by Gasteiger charge is 2.34. The molecule has 7 heteroatoms. The lowest BCUT2D eigenvalue weighted by molar-refractivity contribution is -0.141. The Morgan fingerprint density at radius 1 is 1.06 bits per heavy atom. The first-order chi connectivity index (χ1) is 15.6. The summed E-state index contributed by atoms with van der Waals surface area (Å²) in [5, 5.41) is 3.00. The molecule has 32 heavy (non-hydrogen) atoms. The highest BCUT2D eigenvalue weighted by Crippen LogP contribution is 2.40. The van der Waals surface area contributed by atoms with Crippen molar-refractivity contribution in [2.75, 3.05) is 33.4 Å². The Balaban J connectivity index is 1.82. The van der Waals surface area contributed by atoms with Crippen molar-refractivity contribution < 1.29 is 23.8 Å². The predicted molar refractivity (Wildman–Crippen MR) is 122 cm³/mol. The maximum Gasteiger partial charge on any atom is 0.317 e. The minimum atomic E-state index is -0.433. The Morgan fingerprint density at radius 3 is 2.41 bits per heavy atom. The van der Waals surface area contributed by atoms with Crippen molar-refractivity contribution in [1.29, 1.82) is 0 Å². The van der Waals surface area contributed by atoms with E-state index in [2.05, 4.69) is 5.32 Å². The van der Waals surface area contributed by atoms with E-state index in [9.17, 15) is 9.59 Å². The molecule has 1 atom stereocenters. The van der Waals surface area contributed by atoms with Crippen molar-refractivity contribution in [2.45, 2.75) is 39.2 Å². The highest BCUT2D eigenvalue weighted by molar-refractivity contribution is 5.77. The van der Waals surface area contributed by atoms with Crippen LogP contribution in [0.5, 0.6) is 11.5 Å². The van der Waals surface area contributed by atoms with Crippen molar-refractivity contribution in [3.8, 4) is 11.5 Å². The van der Waals surface area contributed by atoms with Crippen molar-refractivity contribution in [3.63, 3.8) is 0 Å². The molecule has 3 rings (SSSR count). The van der Waals surface area contributed by atoms with Crippen LogP contribution in [0.25, 0.3) is 0 Å². The van der Waals surface area contributed by atoms with Gasteiger partial charge >= 0.3 is 12.0 Å². The summed E-state index contributed by atoms with van der Waals surface area (Å²) >= 11 is 0. The summed E-state index contributed by atoms with van der Waals surface area (Å²) in [7, 11) is 1.36. The van der Waals surface area contributed by atoms with E-state index in [0.29, 0.717) is 44.2 Å². The number of urea groups is 1. The number of nitrogens with one attached hydrogen (secondary N) is 1. The molecule has 2 aromatic carbocycles. The third-order valence-electron chi connectivity index (χ3n) is 5.54. The van der Waals surface area contributed by atoms with Gasteiger partial charge in [0, 0.05) is 13.1 Å². The van der Waals surface area contributed by atoms with Crippen LogP contribution in [0.4, 0.5) is 4.79 Å². The molecule has 1 aliphatic heterocycles. The Labute approximate surface area is 189 Å². The molecule has 0 fully saturated rings. The third-order valence-corrected chi connectivity index (χ3v) is 5.54. The molecule has 1 heterocycles. The lowest BCUT2D eigenvalue weighted by atomic mass is 9.90. The third kappa shape index (κ3) is 5.72. The average Bonchev–Trinajstić information content (AvgIpc) is 2.80. The molecule has 0 saturated heterocycles. The molecule has 2 aromatic rings. The molecule has 0 spiro atoms. The van der Waals surface area contributed by atoms with Crippen LogP contribution < -0.4 is 14.8 Å². The smallest absolute Gasteiger partial charge is 0.317 e. The van der Waals surface area contributed by atoms with Gasteiger partial charge in [0.05, 0.1) is 32.8 Å². The molecule has 0 bridgehead atoms.